The zero-order valence-corrected chi connectivity index (χ0v) is 20.7. The van der Waals surface area contributed by atoms with Crippen LogP contribution in [0.5, 0.6) is 0 Å². The highest BCUT2D eigenvalue weighted by molar-refractivity contribution is 6.36. The standard InChI is InChI=1S/C16H14O3.C15H12O3/c1-11-10-13(17)15(16(11)18)14(19-2)9-8-12-6-4-3-5-7-12;1-10-9-13(17)14(15(10)18)12(16)8-7-11-5-3-2-4-6-11/h3-10H,1-2H3;2-9,18H,1H3/b9-8+,15-14-;8-7+. The molecule has 0 aromatic heterocycles. The van der Waals surface area contributed by atoms with Crippen LogP contribution in [0.1, 0.15) is 25.0 Å². The van der Waals surface area contributed by atoms with E-state index in [9.17, 15) is 24.3 Å². The summed E-state index contributed by atoms with van der Waals surface area (Å²) in [6.07, 6.45) is 8.97. The molecule has 0 aliphatic heterocycles. The Kier molecular flexibility index (Phi) is 8.84. The first-order chi connectivity index (χ1) is 17.7. The Balaban J connectivity index is 0.000000206. The molecule has 1 N–H and O–H groups in total. The summed E-state index contributed by atoms with van der Waals surface area (Å²) in [6.45, 7) is 3.22. The third kappa shape index (κ3) is 6.64. The number of allylic oxidation sites excluding steroid dienone is 8. The van der Waals surface area contributed by atoms with E-state index in [1.807, 2.05) is 60.7 Å². The van der Waals surface area contributed by atoms with Crippen molar-refractivity contribution < 1.29 is 29.0 Å². The van der Waals surface area contributed by atoms with Crippen LogP contribution < -0.4 is 0 Å². The second kappa shape index (κ2) is 12.2. The average Bonchev–Trinajstić information content (AvgIpc) is 3.31. The fourth-order valence-electron chi connectivity index (χ4n) is 3.57. The molecule has 2 aliphatic carbocycles. The van der Waals surface area contributed by atoms with Gasteiger partial charge in [0.25, 0.3) is 0 Å². The highest BCUT2D eigenvalue weighted by Crippen LogP contribution is 2.23. The normalized spacial score (nSPS) is 16.7. The van der Waals surface area contributed by atoms with Crippen molar-refractivity contribution >= 4 is 35.3 Å². The average molecular weight is 495 g/mol. The molecule has 4 rings (SSSR count). The number of rotatable bonds is 6. The number of ketones is 4. The van der Waals surface area contributed by atoms with Gasteiger partial charge < -0.3 is 9.84 Å². The lowest BCUT2D eigenvalue weighted by Gasteiger charge is -2.04. The summed E-state index contributed by atoms with van der Waals surface area (Å²) in [6, 6.07) is 18.9. The van der Waals surface area contributed by atoms with Crippen LogP contribution in [0.3, 0.4) is 0 Å². The molecule has 6 heteroatoms. The summed E-state index contributed by atoms with van der Waals surface area (Å²) in [5.74, 6) is -1.39. The number of benzene rings is 2. The molecule has 0 fully saturated rings. The van der Waals surface area contributed by atoms with E-state index in [0.717, 1.165) is 11.1 Å². The smallest absolute Gasteiger partial charge is 0.196 e. The molecule has 2 aliphatic rings. The van der Waals surface area contributed by atoms with E-state index in [2.05, 4.69) is 0 Å². The van der Waals surface area contributed by atoms with Crippen molar-refractivity contribution in [1.29, 1.82) is 0 Å². The fraction of sp³-hybridized carbons (Fsp3) is 0.0968. The van der Waals surface area contributed by atoms with Crippen LogP contribution in [0.15, 0.2) is 119 Å². The number of methoxy groups -OCH3 is 1. The highest BCUT2D eigenvalue weighted by Gasteiger charge is 2.29. The number of aliphatic hydroxyl groups excluding tert-OH is 1. The molecule has 0 bridgehead atoms. The van der Waals surface area contributed by atoms with Crippen molar-refractivity contribution in [2.24, 2.45) is 0 Å². The molecule has 0 spiro atoms. The van der Waals surface area contributed by atoms with Crippen molar-refractivity contribution in [3.8, 4) is 0 Å². The number of carbonyl (C=O) groups excluding carboxylic acids is 4. The third-order valence-corrected chi connectivity index (χ3v) is 5.55. The molecule has 0 heterocycles. The molecule has 2 aromatic rings. The van der Waals surface area contributed by atoms with E-state index < -0.39 is 11.6 Å². The van der Waals surface area contributed by atoms with Crippen LogP contribution in [-0.4, -0.2) is 35.3 Å². The van der Waals surface area contributed by atoms with E-state index in [4.69, 9.17) is 4.74 Å². The molecule has 0 saturated heterocycles. The summed E-state index contributed by atoms with van der Waals surface area (Å²) in [5.41, 5.74) is 2.66. The monoisotopic (exact) mass is 494 g/mol. The summed E-state index contributed by atoms with van der Waals surface area (Å²) in [7, 11) is 1.45. The van der Waals surface area contributed by atoms with Crippen LogP contribution in [0, 0.1) is 0 Å². The Morgan fingerprint density at radius 3 is 1.70 bits per heavy atom. The molecule has 0 atom stereocenters. The van der Waals surface area contributed by atoms with E-state index in [1.165, 1.54) is 25.3 Å². The minimum absolute atomic E-state index is 0.104. The van der Waals surface area contributed by atoms with E-state index in [-0.39, 0.29) is 28.5 Å². The maximum atomic E-state index is 11.9. The molecular weight excluding hydrogens is 468 g/mol. The second-order valence-corrected chi connectivity index (χ2v) is 8.23. The fourth-order valence-corrected chi connectivity index (χ4v) is 3.57. The van der Waals surface area contributed by atoms with Crippen LogP contribution >= 0.6 is 0 Å². The van der Waals surface area contributed by atoms with Gasteiger partial charge in [-0.15, -0.1) is 0 Å². The lowest BCUT2D eigenvalue weighted by atomic mass is 10.1. The van der Waals surface area contributed by atoms with Gasteiger partial charge in [-0.25, -0.2) is 0 Å². The number of Topliss-reactive ketones (excluding diaryl/α,β-unsaturated/α-hetero) is 1. The Morgan fingerprint density at radius 1 is 0.757 bits per heavy atom. The number of hydrogen-bond donors (Lipinski definition) is 1. The van der Waals surface area contributed by atoms with Gasteiger partial charge in [0.15, 0.2) is 23.1 Å². The van der Waals surface area contributed by atoms with E-state index in [0.29, 0.717) is 16.9 Å². The largest absolute Gasteiger partial charge is 0.507 e. The minimum Gasteiger partial charge on any atom is -0.507 e. The molecule has 2 aromatic carbocycles. The topological polar surface area (TPSA) is 97.7 Å². The van der Waals surface area contributed by atoms with Crippen molar-refractivity contribution in [2.45, 2.75) is 13.8 Å². The molecule has 0 amide bonds. The van der Waals surface area contributed by atoms with Gasteiger partial charge in [0, 0.05) is 5.57 Å². The molecule has 37 heavy (non-hydrogen) atoms. The first-order valence-electron chi connectivity index (χ1n) is 11.4. The first-order valence-corrected chi connectivity index (χ1v) is 11.4. The Hall–Kier alpha value is -4.84. The van der Waals surface area contributed by atoms with Crippen molar-refractivity contribution in [3.05, 3.63) is 130 Å². The molecule has 0 radical (unpaired) electrons. The maximum absolute atomic E-state index is 11.9. The molecule has 0 saturated carbocycles. The molecular formula is C31H26O6. The zero-order chi connectivity index (χ0) is 26.9. The number of ether oxygens (including phenoxy) is 1. The molecule has 186 valence electrons. The lowest BCUT2D eigenvalue weighted by molar-refractivity contribution is -0.118. The summed E-state index contributed by atoms with van der Waals surface area (Å²) < 4.78 is 5.16. The highest BCUT2D eigenvalue weighted by atomic mass is 16.5. The summed E-state index contributed by atoms with van der Waals surface area (Å²) in [4.78, 5) is 46.9. The van der Waals surface area contributed by atoms with E-state index in [1.54, 1.807) is 32.1 Å². The van der Waals surface area contributed by atoms with Crippen LogP contribution in [0.2, 0.25) is 0 Å². The predicted octanol–water partition coefficient (Wildman–Crippen LogP) is 5.31. The van der Waals surface area contributed by atoms with Crippen molar-refractivity contribution in [2.75, 3.05) is 7.11 Å². The van der Waals surface area contributed by atoms with Gasteiger partial charge in [-0.2, -0.15) is 0 Å². The van der Waals surface area contributed by atoms with Gasteiger partial charge in [-0.05, 0) is 54.9 Å². The van der Waals surface area contributed by atoms with Crippen LogP contribution in [-0.2, 0) is 23.9 Å². The minimum atomic E-state index is -0.477. The predicted molar refractivity (Wildman–Crippen MR) is 142 cm³/mol. The molecule has 6 nitrogen and oxygen atoms in total. The molecule has 0 unspecified atom stereocenters. The summed E-state index contributed by atoms with van der Waals surface area (Å²) >= 11 is 0. The SMILES string of the molecule is CC1=CC(=O)C(C(=O)/C=C/c2ccccc2)=C1O.COC(/C=C/c1ccccc1)=C1/C(=O)C=C(C)C1=O. The Labute approximate surface area is 215 Å². The van der Waals surface area contributed by atoms with Gasteiger partial charge in [-0.1, -0.05) is 72.8 Å². The zero-order valence-electron chi connectivity index (χ0n) is 20.7. The Morgan fingerprint density at radius 2 is 1.27 bits per heavy atom. The quantitative estimate of drug-likeness (QED) is 0.332. The van der Waals surface area contributed by atoms with Gasteiger partial charge >= 0.3 is 0 Å². The maximum Gasteiger partial charge on any atom is 0.196 e. The summed E-state index contributed by atoms with van der Waals surface area (Å²) in [5, 5.41) is 9.63. The lowest BCUT2D eigenvalue weighted by Crippen LogP contribution is -2.07. The van der Waals surface area contributed by atoms with Crippen molar-refractivity contribution in [3.63, 3.8) is 0 Å². The van der Waals surface area contributed by atoms with Crippen LogP contribution in [0.4, 0.5) is 0 Å². The van der Waals surface area contributed by atoms with Gasteiger partial charge in [0.1, 0.15) is 22.7 Å². The van der Waals surface area contributed by atoms with Crippen LogP contribution in [0.25, 0.3) is 12.2 Å². The van der Waals surface area contributed by atoms with Crippen molar-refractivity contribution in [1.82, 2.24) is 0 Å². The second-order valence-electron chi connectivity index (χ2n) is 8.23. The number of carbonyl (C=O) groups is 4. The van der Waals surface area contributed by atoms with Gasteiger partial charge in [0.2, 0.25) is 0 Å². The first kappa shape index (κ1) is 26.8. The van der Waals surface area contributed by atoms with Gasteiger partial charge in [-0.3, -0.25) is 19.2 Å². The van der Waals surface area contributed by atoms with Gasteiger partial charge in [0.05, 0.1) is 7.11 Å². The Bertz CT molecular complexity index is 1410. The van der Waals surface area contributed by atoms with E-state index >= 15 is 0 Å². The number of hydrogen-bond acceptors (Lipinski definition) is 6. The number of aliphatic hydroxyl groups is 1. The third-order valence-electron chi connectivity index (χ3n) is 5.55.